The Bertz CT molecular complexity index is 489. The summed E-state index contributed by atoms with van der Waals surface area (Å²) in [6.45, 7) is 1.77. The molecule has 0 aliphatic heterocycles. The second-order valence-electron chi connectivity index (χ2n) is 4.01. The zero-order chi connectivity index (χ0) is 12.4. The predicted octanol–water partition coefficient (Wildman–Crippen LogP) is 3.64. The van der Waals surface area contributed by atoms with Crippen molar-refractivity contribution in [3.8, 4) is 11.1 Å². The van der Waals surface area contributed by atoms with Gasteiger partial charge in [0.25, 0.3) is 6.43 Å². The number of halogens is 2. The van der Waals surface area contributed by atoms with Gasteiger partial charge in [-0.05, 0) is 18.6 Å². The number of nitrogens with two attached hydrogens (primary N) is 1. The molecule has 1 aromatic heterocycles. The van der Waals surface area contributed by atoms with Crippen LogP contribution in [-0.4, -0.2) is 4.98 Å². The third kappa shape index (κ3) is 2.36. The lowest BCUT2D eigenvalue weighted by molar-refractivity contribution is 0.146. The molecule has 0 aliphatic rings. The van der Waals surface area contributed by atoms with Crippen molar-refractivity contribution in [2.45, 2.75) is 19.4 Å². The number of alkyl halides is 2. The molecule has 0 bridgehead atoms. The van der Waals surface area contributed by atoms with Crippen LogP contribution in [-0.2, 0) is 0 Å². The van der Waals surface area contributed by atoms with Gasteiger partial charge in [-0.3, -0.25) is 0 Å². The molecule has 1 aromatic carbocycles. The number of hydrogen-bond acceptors (Lipinski definition) is 1. The number of aromatic amines is 1. The van der Waals surface area contributed by atoms with Crippen LogP contribution in [0.2, 0.25) is 0 Å². The first kappa shape index (κ1) is 11.8. The van der Waals surface area contributed by atoms with E-state index in [9.17, 15) is 8.78 Å². The quantitative estimate of drug-likeness (QED) is 0.839. The monoisotopic (exact) mass is 236 g/mol. The molecule has 1 atom stereocenters. The number of hydrogen-bond donors (Lipinski definition) is 2. The van der Waals surface area contributed by atoms with Crippen molar-refractivity contribution in [3.05, 3.63) is 47.8 Å². The maximum atomic E-state index is 12.7. The molecule has 90 valence electrons. The molecule has 0 spiro atoms. The Morgan fingerprint density at radius 3 is 2.35 bits per heavy atom. The largest absolute Gasteiger partial charge is 0.356 e. The van der Waals surface area contributed by atoms with E-state index in [4.69, 9.17) is 5.73 Å². The molecule has 2 nitrogen and oxygen atoms in total. The number of rotatable bonds is 3. The van der Waals surface area contributed by atoms with Gasteiger partial charge in [0.15, 0.2) is 0 Å². The fourth-order valence-electron chi connectivity index (χ4n) is 1.83. The molecule has 0 amide bonds. The maximum Gasteiger partial charge on any atom is 0.278 e. The Morgan fingerprint density at radius 2 is 1.82 bits per heavy atom. The van der Waals surface area contributed by atoms with Gasteiger partial charge in [-0.25, -0.2) is 8.78 Å². The first-order valence-corrected chi connectivity index (χ1v) is 5.41. The molecule has 4 heteroatoms. The molecule has 2 aromatic rings. The Balaban J connectivity index is 2.52. The van der Waals surface area contributed by atoms with Crippen molar-refractivity contribution < 1.29 is 8.78 Å². The smallest absolute Gasteiger partial charge is 0.278 e. The summed E-state index contributed by atoms with van der Waals surface area (Å²) in [5.41, 5.74) is 7.99. The molecule has 0 aliphatic carbocycles. The number of nitrogens with one attached hydrogen (secondary N) is 1. The molecule has 3 N–H and O–H groups in total. The van der Waals surface area contributed by atoms with Crippen molar-refractivity contribution >= 4 is 0 Å². The second kappa shape index (κ2) is 4.67. The van der Waals surface area contributed by atoms with Crippen molar-refractivity contribution in [1.29, 1.82) is 0 Å². The number of H-pyrrole nitrogens is 1. The van der Waals surface area contributed by atoms with E-state index < -0.39 is 6.43 Å². The molecule has 17 heavy (non-hydrogen) atoms. The highest BCUT2D eigenvalue weighted by Gasteiger charge is 2.17. The lowest BCUT2D eigenvalue weighted by atomic mass is 10.0. The summed E-state index contributed by atoms with van der Waals surface area (Å²) in [7, 11) is 0. The van der Waals surface area contributed by atoms with Crippen LogP contribution in [0.25, 0.3) is 11.1 Å². The molecule has 0 saturated carbocycles. The van der Waals surface area contributed by atoms with E-state index in [0.29, 0.717) is 5.69 Å². The van der Waals surface area contributed by atoms with E-state index in [0.717, 1.165) is 11.1 Å². The minimum absolute atomic E-state index is 0.0869. The summed E-state index contributed by atoms with van der Waals surface area (Å²) in [5, 5.41) is 0. The molecule has 2 rings (SSSR count). The lowest BCUT2D eigenvalue weighted by Crippen LogP contribution is -2.06. The van der Waals surface area contributed by atoms with Gasteiger partial charge >= 0.3 is 0 Å². The van der Waals surface area contributed by atoms with E-state index >= 15 is 0 Å². The summed E-state index contributed by atoms with van der Waals surface area (Å²) >= 11 is 0. The first-order valence-electron chi connectivity index (χ1n) is 5.41. The molecule has 1 unspecified atom stereocenters. The number of aromatic nitrogens is 1. The first-order chi connectivity index (χ1) is 8.09. The molecule has 0 saturated heterocycles. The molecular formula is C13H14F2N2. The average molecular weight is 236 g/mol. The Kier molecular flexibility index (Phi) is 3.24. The molecule has 0 radical (unpaired) electrons. The summed E-state index contributed by atoms with van der Waals surface area (Å²) in [6.07, 6.45) is -2.51. The van der Waals surface area contributed by atoms with Gasteiger partial charge in [0.2, 0.25) is 0 Å². The second-order valence-corrected chi connectivity index (χ2v) is 4.01. The van der Waals surface area contributed by atoms with Crippen LogP contribution in [0.3, 0.4) is 0 Å². The van der Waals surface area contributed by atoms with E-state index in [1.807, 2.05) is 30.3 Å². The third-order valence-corrected chi connectivity index (χ3v) is 2.64. The topological polar surface area (TPSA) is 41.8 Å². The van der Waals surface area contributed by atoms with Gasteiger partial charge in [-0.2, -0.15) is 0 Å². The van der Waals surface area contributed by atoms with Gasteiger partial charge in [0.1, 0.15) is 0 Å². The van der Waals surface area contributed by atoms with E-state index in [2.05, 4.69) is 4.98 Å². The van der Waals surface area contributed by atoms with Gasteiger partial charge in [-0.1, -0.05) is 30.3 Å². The highest BCUT2D eigenvalue weighted by Crippen LogP contribution is 2.31. The molecule has 1 heterocycles. The highest BCUT2D eigenvalue weighted by atomic mass is 19.3. The van der Waals surface area contributed by atoms with Crippen molar-refractivity contribution in [2.75, 3.05) is 0 Å². The van der Waals surface area contributed by atoms with Crippen LogP contribution < -0.4 is 5.73 Å². The van der Waals surface area contributed by atoms with Crippen molar-refractivity contribution in [3.63, 3.8) is 0 Å². The van der Waals surface area contributed by atoms with Crippen LogP contribution in [0.1, 0.15) is 30.8 Å². The summed E-state index contributed by atoms with van der Waals surface area (Å²) in [5.74, 6) is 0. The van der Waals surface area contributed by atoms with Gasteiger partial charge in [0.05, 0.1) is 5.69 Å². The van der Waals surface area contributed by atoms with Gasteiger partial charge in [-0.15, -0.1) is 0 Å². The van der Waals surface area contributed by atoms with Crippen LogP contribution in [0.4, 0.5) is 8.78 Å². The number of benzene rings is 1. The standard InChI is InChI=1S/C13H14F2N2/c1-8(16)12-10(7-11(17-12)13(14)15)9-5-3-2-4-6-9/h2-8,13,17H,16H2,1H3. The molecular weight excluding hydrogens is 222 g/mol. The zero-order valence-corrected chi connectivity index (χ0v) is 9.45. The van der Waals surface area contributed by atoms with Crippen molar-refractivity contribution in [2.24, 2.45) is 5.73 Å². The lowest BCUT2D eigenvalue weighted by Gasteiger charge is -2.07. The minimum atomic E-state index is -2.51. The summed E-state index contributed by atoms with van der Waals surface area (Å²) in [4.78, 5) is 2.70. The summed E-state index contributed by atoms with van der Waals surface area (Å²) in [6, 6.07) is 10.5. The summed E-state index contributed by atoms with van der Waals surface area (Å²) < 4.78 is 25.3. The van der Waals surface area contributed by atoms with Crippen LogP contribution in [0.15, 0.2) is 36.4 Å². The minimum Gasteiger partial charge on any atom is -0.356 e. The van der Waals surface area contributed by atoms with E-state index in [1.54, 1.807) is 6.92 Å². The van der Waals surface area contributed by atoms with Gasteiger partial charge < -0.3 is 10.7 Å². The van der Waals surface area contributed by atoms with Crippen LogP contribution in [0.5, 0.6) is 0 Å². The Hall–Kier alpha value is -1.68. The fourth-order valence-corrected chi connectivity index (χ4v) is 1.83. The Morgan fingerprint density at radius 1 is 1.18 bits per heavy atom. The van der Waals surface area contributed by atoms with E-state index in [-0.39, 0.29) is 11.7 Å². The third-order valence-electron chi connectivity index (χ3n) is 2.64. The SMILES string of the molecule is CC(N)c1[nH]c(C(F)F)cc1-c1ccccc1. The normalized spacial score (nSPS) is 13.0. The van der Waals surface area contributed by atoms with Crippen molar-refractivity contribution in [1.82, 2.24) is 4.98 Å². The van der Waals surface area contributed by atoms with Gasteiger partial charge in [0, 0.05) is 17.3 Å². The highest BCUT2D eigenvalue weighted by molar-refractivity contribution is 5.67. The fraction of sp³-hybridized carbons (Fsp3) is 0.231. The van der Waals surface area contributed by atoms with Crippen LogP contribution in [0, 0.1) is 0 Å². The zero-order valence-electron chi connectivity index (χ0n) is 9.45. The molecule has 0 fully saturated rings. The predicted molar refractivity (Wildman–Crippen MR) is 63.8 cm³/mol. The Labute approximate surface area is 98.5 Å². The van der Waals surface area contributed by atoms with Crippen LogP contribution >= 0.6 is 0 Å². The van der Waals surface area contributed by atoms with E-state index in [1.165, 1.54) is 6.07 Å². The maximum absolute atomic E-state index is 12.7. The average Bonchev–Trinajstić information content (AvgIpc) is 2.75.